The summed E-state index contributed by atoms with van der Waals surface area (Å²) < 4.78 is 0. The number of hydrogen-bond acceptors (Lipinski definition) is 3. The summed E-state index contributed by atoms with van der Waals surface area (Å²) in [5.74, 6) is 0.0820. The highest BCUT2D eigenvalue weighted by molar-refractivity contribution is 5.86. The van der Waals surface area contributed by atoms with Gasteiger partial charge in [0, 0.05) is 12.4 Å². The van der Waals surface area contributed by atoms with E-state index in [0.29, 0.717) is 0 Å². The molecule has 0 saturated carbocycles. The Kier molecular flexibility index (Phi) is 3.97. The van der Waals surface area contributed by atoms with Crippen molar-refractivity contribution in [2.45, 2.75) is 44.7 Å². The number of nitrogens with zero attached hydrogens (tertiary/aromatic N) is 1. The third kappa shape index (κ3) is 2.88. The maximum atomic E-state index is 12.3. The maximum Gasteiger partial charge on any atom is 0.240 e. The Morgan fingerprint density at radius 1 is 1.56 bits per heavy atom. The van der Waals surface area contributed by atoms with Crippen LogP contribution in [0.5, 0.6) is 0 Å². The minimum Gasteiger partial charge on any atom is -0.348 e. The van der Waals surface area contributed by atoms with E-state index in [2.05, 4.69) is 15.6 Å². The topological polar surface area (TPSA) is 54.0 Å². The molecule has 0 aliphatic carbocycles. The first-order valence-electron chi connectivity index (χ1n) is 6.58. The lowest BCUT2D eigenvalue weighted by atomic mass is 9.89. The number of hydrogen-bond donors (Lipinski definition) is 2. The van der Waals surface area contributed by atoms with Crippen LogP contribution in [0.1, 0.15) is 44.7 Å². The van der Waals surface area contributed by atoms with Gasteiger partial charge in [-0.3, -0.25) is 9.78 Å². The number of nitrogens with one attached hydrogen (secondary N) is 2. The summed E-state index contributed by atoms with van der Waals surface area (Å²) in [5.41, 5.74) is 0.611. The number of pyridine rings is 1. The summed E-state index contributed by atoms with van der Waals surface area (Å²) in [7, 11) is 0. The monoisotopic (exact) mass is 247 g/mol. The smallest absolute Gasteiger partial charge is 0.240 e. The zero-order valence-corrected chi connectivity index (χ0v) is 11.1. The quantitative estimate of drug-likeness (QED) is 0.856. The first-order valence-corrected chi connectivity index (χ1v) is 6.58. The van der Waals surface area contributed by atoms with Crippen LogP contribution < -0.4 is 10.6 Å². The van der Waals surface area contributed by atoms with Gasteiger partial charge in [0.25, 0.3) is 0 Å². The highest BCUT2D eigenvalue weighted by Crippen LogP contribution is 2.20. The normalized spacial score (nSPS) is 25.4. The summed E-state index contributed by atoms with van der Waals surface area (Å²) in [6.07, 6.45) is 6.70. The van der Waals surface area contributed by atoms with Crippen LogP contribution in [-0.4, -0.2) is 23.0 Å². The van der Waals surface area contributed by atoms with Crippen LogP contribution in [0.2, 0.25) is 0 Å². The van der Waals surface area contributed by atoms with E-state index in [-0.39, 0.29) is 11.9 Å². The number of carbonyl (C=O) groups is 1. The molecule has 1 amide bonds. The van der Waals surface area contributed by atoms with Gasteiger partial charge in [0.05, 0.1) is 11.6 Å². The molecule has 1 aromatic heterocycles. The molecule has 1 saturated heterocycles. The van der Waals surface area contributed by atoms with E-state index >= 15 is 0 Å². The van der Waals surface area contributed by atoms with Crippen molar-refractivity contribution in [1.29, 1.82) is 0 Å². The predicted octanol–water partition coefficient (Wildman–Crippen LogP) is 1.79. The van der Waals surface area contributed by atoms with Crippen molar-refractivity contribution in [3.05, 3.63) is 30.1 Å². The van der Waals surface area contributed by atoms with Crippen LogP contribution in [-0.2, 0) is 4.79 Å². The minimum absolute atomic E-state index is 0.00764. The maximum absolute atomic E-state index is 12.3. The van der Waals surface area contributed by atoms with Crippen molar-refractivity contribution in [2.24, 2.45) is 0 Å². The fourth-order valence-corrected chi connectivity index (χ4v) is 2.32. The van der Waals surface area contributed by atoms with Crippen molar-refractivity contribution < 1.29 is 4.79 Å². The van der Waals surface area contributed by atoms with Crippen molar-refractivity contribution >= 4 is 5.91 Å². The predicted molar refractivity (Wildman–Crippen MR) is 71.1 cm³/mol. The highest BCUT2D eigenvalue weighted by atomic mass is 16.2. The Bertz CT molecular complexity index is 399. The molecule has 4 heteroatoms. The second kappa shape index (κ2) is 5.48. The van der Waals surface area contributed by atoms with Crippen LogP contribution in [0.25, 0.3) is 0 Å². The molecule has 2 unspecified atom stereocenters. The van der Waals surface area contributed by atoms with E-state index in [4.69, 9.17) is 0 Å². The molecular formula is C14H21N3O. The standard InChI is InChI=1S/C14H21N3O/c1-11(12-6-5-8-15-10-12)17-13(18)14(2)7-3-4-9-16-14/h5-6,8,10-11,16H,3-4,7,9H2,1-2H3,(H,17,18). The van der Waals surface area contributed by atoms with Crippen molar-refractivity contribution in [2.75, 3.05) is 6.54 Å². The number of rotatable bonds is 3. The van der Waals surface area contributed by atoms with E-state index < -0.39 is 5.54 Å². The van der Waals surface area contributed by atoms with Gasteiger partial charge in [0.1, 0.15) is 0 Å². The third-order valence-electron chi connectivity index (χ3n) is 3.65. The van der Waals surface area contributed by atoms with Crippen LogP contribution in [0.15, 0.2) is 24.5 Å². The van der Waals surface area contributed by atoms with Gasteiger partial charge in [-0.2, -0.15) is 0 Å². The molecule has 0 radical (unpaired) electrons. The molecule has 2 rings (SSSR count). The summed E-state index contributed by atoms with van der Waals surface area (Å²) in [6.45, 7) is 4.89. The van der Waals surface area contributed by atoms with Gasteiger partial charge in [0.15, 0.2) is 0 Å². The van der Waals surface area contributed by atoms with Gasteiger partial charge >= 0.3 is 0 Å². The summed E-state index contributed by atoms with van der Waals surface area (Å²) >= 11 is 0. The number of aromatic nitrogens is 1. The molecule has 0 spiro atoms. The number of piperidine rings is 1. The van der Waals surface area contributed by atoms with E-state index in [1.807, 2.05) is 26.0 Å². The van der Waals surface area contributed by atoms with Crippen LogP contribution in [0, 0.1) is 0 Å². The lowest BCUT2D eigenvalue weighted by Gasteiger charge is -2.34. The molecular weight excluding hydrogens is 226 g/mol. The zero-order valence-electron chi connectivity index (χ0n) is 11.1. The summed E-state index contributed by atoms with van der Waals surface area (Å²) in [6, 6.07) is 3.86. The Labute approximate surface area is 108 Å². The molecule has 1 fully saturated rings. The number of carbonyl (C=O) groups excluding carboxylic acids is 1. The molecule has 4 nitrogen and oxygen atoms in total. The fraction of sp³-hybridized carbons (Fsp3) is 0.571. The lowest BCUT2D eigenvalue weighted by molar-refractivity contribution is -0.128. The van der Waals surface area contributed by atoms with Gasteiger partial charge in [-0.1, -0.05) is 6.07 Å². The van der Waals surface area contributed by atoms with Crippen molar-refractivity contribution in [1.82, 2.24) is 15.6 Å². The summed E-state index contributed by atoms with van der Waals surface area (Å²) in [5, 5.41) is 6.39. The van der Waals surface area contributed by atoms with Gasteiger partial charge in [0.2, 0.25) is 5.91 Å². The van der Waals surface area contributed by atoms with Crippen LogP contribution in [0.4, 0.5) is 0 Å². The average molecular weight is 247 g/mol. The van der Waals surface area contributed by atoms with Gasteiger partial charge < -0.3 is 10.6 Å². The molecule has 2 heterocycles. The molecule has 1 aromatic rings. The molecule has 1 aliphatic heterocycles. The van der Waals surface area contributed by atoms with Gasteiger partial charge in [-0.05, 0) is 51.3 Å². The highest BCUT2D eigenvalue weighted by Gasteiger charge is 2.34. The lowest BCUT2D eigenvalue weighted by Crippen LogP contribution is -2.57. The van der Waals surface area contributed by atoms with Crippen LogP contribution in [0.3, 0.4) is 0 Å². The molecule has 18 heavy (non-hydrogen) atoms. The van der Waals surface area contributed by atoms with E-state index in [1.165, 1.54) is 0 Å². The van der Waals surface area contributed by atoms with Gasteiger partial charge in [-0.25, -0.2) is 0 Å². The average Bonchev–Trinajstić information content (AvgIpc) is 2.40. The SMILES string of the molecule is CC(NC(=O)C1(C)CCCCN1)c1cccnc1. The van der Waals surface area contributed by atoms with E-state index in [0.717, 1.165) is 31.4 Å². The zero-order chi connectivity index (χ0) is 13.0. The minimum atomic E-state index is -0.422. The van der Waals surface area contributed by atoms with E-state index in [9.17, 15) is 4.79 Å². The molecule has 0 aromatic carbocycles. The first kappa shape index (κ1) is 13.0. The Balaban J connectivity index is 1.98. The molecule has 0 bridgehead atoms. The third-order valence-corrected chi connectivity index (χ3v) is 3.65. The Hall–Kier alpha value is -1.42. The Morgan fingerprint density at radius 3 is 3.00 bits per heavy atom. The second-order valence-electron chi connectivity index (χ2n) is 5.20. The summed E-state index contributed by atoms with van der Waals surface area (Å²) in [4.78, 5) is 16.4. The number of amides is 1. The Morgan fingerprint density at radius 2 is 2.39 bits per heavy atom. The molecule has 2 atom stereocenters. The fourth-order valence-electron chi connectivity index (χ4n) is 2.32. The molecule has 98 valence electrons. The van der Waals surface area contributed by atoms with E-state index in [1.54, 1.807) is 12.4 Å². The van der Waals surface area contributed by atoms with Crippen LogP contribution >= 0.6 is 0 Å². The van der Waals surface area contributed by atoms with Gasteiger partial charge in [-0.15, -0.1) is 0 Å². The first-order chi connectivity index (χ1) is 8.62. The van der Waals surface area contributed by atoms with Crippen molar-refractivity contribution in [3.63, 3.8) is 0 Å². The second-order valence-corrected chi connectivity index (χ2v) is 5.20. The molecule has 2 N–H and O–H groups in total. The van der Waals surface area contributed by atoms with Crippen molar-refractivity contribution in [3.8, 4) is 0 Å². The molecule has 1 aliphatic rings. The largest absolute Gasteiger partial charge is 0.348 e.